The fourth-order valence-corrected chi connectivity index (χ4v) is 6.44. The number of aliphatic carboxylic acids is 1. The molecule has 2 aliphatic heterocycles. The number of amides is 2. The molecule has 2 fully saturated rings. The Morgan fingerprint density at radius 1 is 1.35 bits per heavy atom. The van der Waals surface area contributed by atoms with Crippen molar-refractivity contribution in [2.24, 2.45) is 5.73 Å². The summed E-state index contributed by atoms with van der Waals surface area (Å²) in [5.41, 5.74) is 5.92. The van der Waals surface area contributed by atoms with E-state index in [2.05, 4.69) is 5.32 Å². The van der Waals surface area contributed by atoms with Crippen LogP contribution in [0.2, 0.25) is 0 Å². The molecule has 9 heteroatoms. The molecule has 0 bridgehead atoms. The second-order valence-electron chi connectivity index (χ2n) is 7.60. The van der Waals surface area contributed by atoms with Crippen LogP contribution < -0.4 is 11.1 Å². The molecule has 7 nitrogen and oxygen atoms in total. The monoisotopic (exact) mass is 397 g/mol. The van der Waals surface area contributed by atoms with E-state index in [0.717, 1.165) is 15.3 Å². The van der Waals surface area contributed by atoms with Crippen LogP contribution in [0.3, 0.4) is 0 Å². The summed E-state index contributed by atoms with van der Waals surface area (Å²) in [5.74, 6) is -1.84. The van der Waals surface area contributed by atoms with Crippen molar-refractivity contribution in [3.8, 4) is 0 Å². The third-order valence-electron chi connectivity index (χ3n) is 5.04. The maximum atomic E-state index is 12.7. The van der Waals surface area contributed by atoms with Gasteiger partial charge < -0.3 is 21.1 Å². The number of carbonyl (C=O) groups excluding carboxylic acids is 2. The third kappa shape index (κ3) is 2.64. The summed E-state index contributed by atoms with van der Waals surface area (Å²) in [6, 6.07) is 0.200. The SMILES string of the molecule is Cc1cc(C)c(C(N)C(=O)NC2(C)C(=O)N3[C@@H](C(=O)O)C(C)(C)S[C@@H]32)s1. The number of thiophene rings is 1. The second kappa shape index (κ2) is 5.97. The molecule has 1 aromatic heterocycles. The third-order valence-corrected chi connectivity index (χ3v) is 8.03. The van der Waals surface area contributed by atoms with Gasteiger partial charge in [-0.1, -0.05) is 0 Å². The van der Waals surface area contributed by atoms with Crippen molar-refractivity contribution in [1.29, 1.82) is 0 Å². The Morgan fingerprint density at radius 3 is 2.46 bits per heavy atom. The largest absolute Gasteiger partial charge is 0.480 e. The van der Waals surface area contributed by atoms with Crippen molar-refractivity contribution in [2.45, 2.75) is 62.4 Å². The van der Waals surface area contributed by atoms with E-state index in [1.165, 1.54) is 28.0 Å². The number of rotatable bonds is 4. The lowest BCUT2D eigenvalue weighted by molar-refractivity contribution is -0.168. The van der Waals surface area contributed by atoms with Gasteiger partial charge in [-0.3, -0.25) is 9.59 Å². The Labute approximate surface area is 160 Å². The molecule has 0 aliphatic carbocycles. The number of β-lactam (4-membered cyclic amide) rings is 1. The Bertz CT molecular complexity index is 806. The zero-order valence-corrected chi connectivity index (χ0v) is 17.0. The lowest BCUT2D eigenvalue weighted by Gasteiger charge is -2.51. The molecule has 3 rings (SSSR count). The zero-order valence-electron chi connectivity index (χ0n) is 15.3. The summed E-state index contributed by atoms with van der Waals surface area (Å²) in [5, 5.41) is 11.9. The molecule has 2 amide bonds. The maximum absolute atomic E-state index is 12.7. The zero-order chi connectivity index (χ0) is 19.6. The van der Waals surface area contributed by atoms with Crippen molar-refractivity contribution in [1.82, 2.24) is 10.2 Å². The van der Waals surface area contributed by atoms with E-state index in [4.69, 9.17) is 5.73 Å². The predicted molar refractivity (Wildman–Crippen MR) is 101 cm³/mol. The number of nitrogens with two attached hydrogens (primary N) is 1. The van der Waals surface area contributed by atoms with Crippen LogP contribution in [0, 0.1) is 13.8 Å². The average Bonchev–Trinajstić information content (AvgIpc) is 3.00. The van der Waals surface area contributed by atoms with Gasteiger partial charge in [0.1, 0.15) is 23.0 Å². The number of fused-ring (bicyclic) bond motifs is 1. The summed E-state index contributed by atoms with van der Waals surface area (Å²) in [7, 11) is 0. The van der Waals surface area contributed by atoms with Crippen molar-refractivity contribution in [2.75, 3.05) is 0 Å². The van der Waals surface area contributed by atoms with E-state index >= 15 is 0 Å². The Balaban J connectivity index is 1.80. The van der Waals surface area contributed by atoms with E-state index < -0.39 is 39.6 Å². The number of nitrogens with one attached hydrogen (secondary N) is 1. The highest BCUT2D eigenvalue weighted by Gasteiger charge is 2.70. The molecule has 3 heterocycles. The summed E-state index contributed by atoms with van der Waals surface area (Å²) >= 11 is 2.86. The van der Waals surface area contributed by atoms with E-state index in [9.17, 15) is 19.5 Å². The Morgan fingerprint density at radius 2 is 1.96 bits per heavy atom. The molecule has 142 valence electrons. The predicted octanol–water partition coefficient (Wildman–Crippen LogP) is 1.39. The maximum Gasteiger partial charge on any atom is 0.327 e. The number of carboxylic acid groups (broad SMARTS) is 1. The minimum Gasteiger partial charge on any atom is -0.480 e. The van der Waals surface area contributed by atoms with Crippen molar-refractivity contribution in [3.05, 3.63) is 21.4 Å². The molecule has 2 unspecified atom stereocenters. The lowest BCUT2D eigenvalue weighted by Crippen LogP contribution is -2.78. The first-order valence-electron chi connectivity index (χ1n) is 8.28. The number of hydrogen-bond donors (Lipinski definition) is 3. The highest BCUT2D eigenvalue weighted by molar-refractivity contribution is 8.01. The molecule has 0 saturated carbocycles. The summed E-state index contributed by atoms with van der Waals surface area (Å²) in [6.45, 7) is 9.09. The standard InChI is InChI=1S/C17H23N3O4S2/c1-7-6-8(2)25-10(7)9(18)12(21)19-17(5)14(24)20-11(13(22)23)16(3,4)26-15(17)20/h6,9,11,15H,18H2,1-5H3,(H,19,21)(H,22,23)/t9?,11-,15+,17?/m0/s1. The van der Waals surface area contributed by atoms with Gasteiger partial charge in [0.15, 0.2) is 0 Å². The highest BCUT2D eigenvalue weighted by atomic mass is 32.2. The van der Waals surface area contributed by atoms with Crippen LogP contribution >= 0.6 is 23.1 Å². The van der Waals surface area contributed by atoms with Crippen LogP contribution in [0.5, 0.6) is 0 Å². The number of carbonyl (C=O) groups is 3. The van der Waals surface area contributed by atoms with Crippen LogP contribution in [0.4, 0.5) is 0 Å². The molecular formula is C17H23N3O4S2. The van der Waals surface area contributed by atoms with Crippen molar-refractivity contribution in [3.63, 3.8) is 0 Å². The molecule has 1 aromatic rings. The van der Waals surface area contributed by atoms with Gasteiger partial charge in [0.05, 0.1) is 0 Å². The lowest BCUT2D eigenvalue weighted by atomic mass is 9.86. The van der Waals surface area contributed by atoms with Crippen LogP contribution in [-0.2, 0) is 14.4 Å². The van der Waals surface area contributed by atoms with E-state index in [0.29, 0.717) is 0 Å². The summed E-state index contributed by atoms with van der Waals surface area (Å²) in [4.78, 5) is 40.2. The Kier molecular flexibility index (Phi) is 4.40. The summed E-state index contributed by atoms with van der Waals surface area (Å²) < 4.78 is -0.641. The first-order chi connectivity index (χ1) is 11.9. The van der Waals surface area contributed by atoms with Crippen LogP contribution in [0.25, 0.3) is 0 Å². The molecule has 26 heavy (non-hydrogen) atoms. The molecule has 4 N–H and O–H groups in total. The molecule has 4 atom stereocenters. The fraction of sp³-hybridized carbons (Fsp3) is 0.588. The highest BCUT2D eigenvalue weighted by Crippen LogP contribution is 2.54. The number of thioether (sulfide) groups is 1. The Hall–Kier alpha value is -1.58. The fourth-order valence-electron chi connectivity index (χ4n) is 3.76. The smallest absolute Gasteiger partial charge is 0.327 e. The van der Waals surface area contributed by atoms with Gasteiger partial charge in [0.25, 0.3) is 5.91 Å². The molecule has 2 aliphatic rings. The second-order valence-corrected chi connectivity index (χ2v) is 10.6. The topological polar surface area (TPSA) is 113 Å². The van der Waals surface area contributed by atoms with Crippen molar-refractivity contribution < 1.29 is 19.5 Å². The van der Waals surface area contributed by atoms with E-state index in [-0.39, 0.29) is 5.91 Å². The first-order valence-corrected chi connectivity index (χ1v) is 9.97. The molecule has 0 aromatic carbocycles. The summed E-state index contributed by atoms with van der Waals surface area (Å²) in [6.07, 6.45) is 0. The molecular weight excluding hydrogens is 374 g/mol. The van der Waals surface area contributed by atoms with Crippen LogP contribution in [0.15, 0.2) is 6.07 Å². The van der Waals surface area contributed by atoms with Gasteiger partial charge in [-0.05, 0) is 46.2 Å². The average molecular weight is 398 g/mol. The molecule has 0 radical (unpaired) electrons. The van der Waals surface area contributed by atoms with Gasteiger partial charge in [0, 0.05) is 14.5 Å². The molecule has 2 saturated heterocycles. The van der Waals surface area contributed by atoms with E-state index in [1.807, 2.05) is 19.9 Å². The van der Waals surface area contributed by atoms with E-state index in [1.54, 1.807) is 20.8 Å². The van der Waals surface area contributed by atoms with Gasteiger partial charge in [-0.25, -0.2) is 4.79 Å². The van der Waals surface area contributed by atoms with Gasteiger partial charge in [-0.2, -0.15) is 0 Å². The van der Waals surface area contributed by atoms with Gasteiger partial charge in [0.2, 0.25) is 5.91 Å². The normalized spacial score (nSPS) is 30.5. The van der Waals surface area contributed by atoms with Crippen LogP contribution in [0.1, 0.15) is 42.1 Å². The number of hydrogen-bond acceptors (Lipinski definition) is 6. The quantitative estimate of drug-likeness (QED) is 0.662. The minimum atomic E-state index is -1.15. The number of aryl methyl sites for hydroxylation is 2. The molecule has 0 spiro atoms. The first kappa shape index (κ1) is 19.2. The minimum absolute atomic E-state index is 0.382. The number of nitrogens with zero attached hydrogens (tertiary/aromatic N) is 1. The number of carboxylic acids is 1. The van der Waals surface area contributed by atoms with Crippen molar-refractivity contribution >= 4 is 40.9 Å². The van der Waals surface area contributed by atoms with Gasteiger partial charge >= 0.3 is 5.97 Å². The van der Waals surface area contributed by atoms with Crippen LogP contribution in [-0.4, -0.2) is 49.5 Å². The van der Waals surface area contributed by atoms with Gasteiger partial charge in [-0.15, -0.1) is 23.1 Å².